The standard InChI is InChI=1S/C13H25NO4/c1-6-8-14(9-12(16)17-7-2)11(15)10-18-13(3,4)5/h6-10H2,1-5H3. The minimum Gasteiger partial charge on any atom is -0.465 e. The molecule has 0 aromatic carbocycles. The Hall–Kier alpha value is -1.10. The van der Waals surface area contributed by atoms with Gasteiger partial charge < -0.3 is 14.4 Å². The highest BCUT2D eigenvalue weighted by atomic mass is 16.5. The maximum Gasteiger partial charge on any atom is 0.325 e. The van der Waals surface area contributed by atoms with Gasteiger partial charge in [-0.3, -0.25) is 9.59 Å². The van der Waals surface area contributed by atoms with Crippen LogP contribution in [0.1, 0.15) is 41.0 Å². The van der Waals surface area contributed by atoms with Crippen molar-refractivity contribution in [2.75, 3.05) is 26.3 Å². The lowest BCUT2D eigenvalue weighted by molar-refractivity contribution is -0.152. The topological polar surface area (TPSA) is 55.8 Å². The average molecular weight is 259 g/mol. The lowest BCUT2D eigenvalue weighted by atomic mass is 10.2. The highest BCUT2D eigenvalue weighted by molar-refractivity contribution is 5.82. The maximum atomic E-state index is 11.9. The number of hydrogen-bond acceptors (Lipinski definition) is 4. The summed E-state index contributed by atoms with van der Waals surface area (Å²) in [5, 5.41) is 0. The van der Waals surface area contributed by atoms with E-state index < -0.39 is 0 Å². The van der Waals surface area contributed by atoms with E-state index in [9.17, 15) is 9.59 Å². The van der Waals surface area contributed by atoms with Crippen molar-refractivity contribution in [3.8, 4) is 0 Å². The number of amides is 1. The molecule has 0 aliphatic heterocycles. The van der Waals surface area contributed by atoms with E-state index in [0.717, 1.165) is 6.42 Å². The molecule has 0 fully saturated rings. The smallest absolute Gasteiger partial charge is 0.325 e. The van der Waals surface area contributed by atoms with E-state index >= 15 is 0 Å². The van der Waals surface area contributed by atoms with Crippen LogP contribution in [0.15, 0.2) is 0 Å². The average Bonchev–Trinajstić information content (AvgIpc) is 2.24. The molecule has 0 aromatic heterocycles. The summed E-state index contributed by atoms with van der Waals surface area (Å²) in [7, 11) is 0. The first-order valence-corrected chi connectivity index (χ1v) is 6.37. The van der Waals surface area contributed by atoms with Crippen LogP contribution in [-0.4, -0.2) is 48.7 Å². The third-order valence-electron chi connectivity index (χ3n) is 2.10. The van der Waals surface area contributed by atoms with Crippen molar-refractivity contribution in [2.45, 2.75) is 46.6 Å². The molecule has 0 aliphatic rings. The van der Waals surface area contributed by atoms with E-state index in [2.05, 4.69) is 0 Å². The molecule has 0 rings (SSSR count). The van der Waals surface area contributed by atoms with Gasteiger partial charge in [-0.05, 0) is 34.1 Å². The Bertz CT molecular complexity index is 271. The summed E-state index contributed by atoms with van der Waals surface area (Å²) in [6, 6.07) is 0. The van der Waals surface area contributed by atoms with Gasteiger partial charge in [-0.1, -0.05) is 6.92 Å². The van der Waals surface area contributed by atoms with Crippen LogP contribution in [-0.2, 0) is 19.1 Å². The molecule has 1 amide bonds. The molecule has 0 radical (unpaired) electrons. The summed E-state index contributed by atoms with van der Waals surface area (Å²) in [6.07, 6.45) is 0.792. The fourth-order valence-electron chi connectivity index (χ4n) is 1.29. The molecule has 0 saturated heterocycles. The first kappa shape index (κ1) is 16.9. The molecule has 0 saturated carbocycles. The molecular formula is C13H25NO4. The van der Waals surface area contributed by atoms with Crippen LogP contribution in [0.4, 0.5) is 0 Å². The molecule has 0 aromatic rings. The van der Waals surface area contributed by atoms with Crippen molar-refractivity contribution in [1.29, 1.82) is 0 Å². The third kappa shape index (κ3) is 8.06. The first-order valence-electron chi connectivity index (χ1n) is 6.37. The number of rotatable bonds is 7. The van der Waals surface area contributed by atoms with Gasteiger partial charge in [0.1, 0.15) is 13.2 Å². The predicted molar refractivity (Wildman–Crippen MR) is 69.2 cm³/mol. The second-order valence-corrected chi connectivity index (χ2v) is 5.02. The van der Waals surface area contributed by atoms with Crippen molar-refractivity contribution >= 4 is 11.9 Å². The quantitative estimate of drug-likeness (QED) is 0.652. The van der Waals surface area contributed by atoms with Crippen molar-refractivity contribution in [3.05, 3.63) is 0 Å². The molecule has 18 heavy (non-hydrogen) atoms. The number of esters is 1. The minimum absolute atomic E-state index is 0.00594. The van der Waals surface area contributed by atoms with Gasteiger partial charge in [0, 0.05) is 6.54 Å². The Balaban J connectivity index is 4.31. The molecule has 0 spiro atoms. The molecule has 5 heteroatoms. The van der Waals surface area contributed by atoms with Crippen molar-refractivity contribution < 1.29 is 19.1 Å². The Morgan fingerprint density at radius 3 is 2.22 bits per heavy atom. The number of carbonyl (C=O) groups is 2. The van der Waals surface area contributed by atoms with Crippen molar-refractivity contribution in [2.24, 2.45) is 0 Å². The zero-order valence-electron chi connectivity index (χ0n) is 12.1. The zero-order valence-corrected chi connectivity index (χ0v) is 12.1. The van der Waals surface area contributed by atoms with Crippen LogP contribution < -0.4 is 0 Å². The Morgan fingerprint density at radius 2 is 1.78 bits per heavy atom. The van der Waals surface area contributed by atoms with Gasteiger partial charge in [-0.2, -0.15) is 0 Å². The first-order chi connectivity index (χ1) is 8.30. The molecule has 0 bridgehead atoms. The molecule has 0 atom stereocenters. The highest BCUT2D eigenvalue weighted by Gasteiger charge is 2.20. The molecule has 0 aliphatic carbocycles. The van der Waals surface area contributed by atoms with Gasteiger partial charge in [0.05, 0.1) is 12.2 Å². The largest absolute Gasteiger partial charge is 0.465 e. The van der Waals surface area contributed by atoms with Crippen molar-refractivity contribution in [3.63, 3.8) is 0 Å². The summed E-state index contributed by atoms with van der Waals surface area (Å²) in [5.74, 6) is -0.560. The van der Waals surface area contributed by atoms with E-state index in [1.54, 1.807) is 6.92 Å². The van der Waals surface area contributed by atoms with E-state index in [-0.39, 0.29) is 30.6 Å². The molecule has 0 heterocycles. The van der Waals surface area contributed by atoms with E-state index in [4.69, 9.17) is 9.47 Å². The zero-order chi connectivity index (χ0) is 14.2. The number of carbonyl (C=O) groups excluding carboxylic acids is 2. The molecule has 106 valence electrons. The highest BCUT2D eigenvalue weighted by Crippen LogP contribution is 2.07. The van der Waals surface area contributed by atoms with Crippen molar-refractivity contribution in [1.82, 2.24) is 4.90 Å². The van der Waals surface area contributed by atoms with Gasteiger partial charge >= 0.3 is 5.97 Å². The lowest BCUT2D eigenvalue weighted by Crippen LogP contribution is -2.40. The van der Waals surface area contributed by atoms with Gasteiger partial charge in [-0.25, -0.2) is 0 Å². The van der Waals surface area contributed by atoms with E-state index in [1.807, 2.05) is 27.7 Å². The summed E-state index contributed by atoms with van der Waals surface area (Å²) in [5.41, 5.74) is -0.364. The SMILES string of the molecule is CCCN(CC(=O)OCC)C(=O)COC(C)(C)C. The summed E-state index contributed by atoms with van der Waals surface area (Å²) >= 11 is 0. The van der Waals surface area contributed by atoms with Crippen LogP contribution in [0.25, 0.3) is 0 Å². The van der Waals surface area contributed by atoms with Gasteiger partial charge in [0.2, 0.25) is 5.91 Å². The van der Waals surface area contributed by atoms with Crippen LogP contribution in [0, 0.1) is 0 Å². The van der Waals surface area contributed by atoms with Crippen LogP contribution >= 0.6 is 0 Å². The summed E-state index contributed by atoms with van der Waals surface area (Å²) in [6.45, 7) is 10.2. The van der Waals surface area contributed by atoms with Gasteiger partial charge in [0.15, 0.2) is 0 Å². The number of hydrogen-bond donors (Lipinski definition) is 0. The number of nitrogens with zero attached hydrogens (tertiary/aromatic N) is 1. The van der Waals surface area contributed by atoms with E-state index in [0.29, 0.717) is 13.2 Å². The Kier molecular flexibility index (Phi) is 7.59. The summed E-state index contributed by atoms with van der Waals surface area (Å²) < 4.78 is 10.3. The maximum absolute atomic E-state index is 11.9. The normalized spacial score (nSPS) is 11.2. The minimum atomic E-state index is -0.380. The van der Waals surface area contributed by atoms with Crippen LogP contribution in [0.3, 0.4) is 0 Å². The Labute approximate surface area is 109 Å². The monoisotopic (exact) mass is 259 g/mol. The molecule has 0 unspecified atom stereocenters. The molecule has 5 nitrogen and oxygen atoms in total. The lowest BCUT2D eigenvalue weighted by Gasteiger charge is -2.24. The third-order valence-corrected chi connectivity index (χ3v) is 2.10. The summed E-state index contributed by atoms with van der Waals surface area (Å²) in [4.78, 5) is 24.8. The fourth-order valence-corrected chi connectivity index (χ4v) is 1.29. The van der Waals surface area contributed by atoms with Crippen LogP contribution in [0.5, 0.6) is 0 Å². The molecule has 0 N–H and O–H groups in total. The molecular weight excluding hydrogens is 234 g/mol. The predicted octanol–water partition coefficient (Wildman–Crippen LogP) is 1.60. The van der Waals surface area contributed by atoms with E-state index in [1.165, 1.54) is 4.90 Å². The second-order valence-electron chi connectivity index (χ2n) is 5.02. The number of ether oxygens (including phenoxy) is 2. The van der Waals surface area contributed by atoms with Crippen LogP contribution in [0.2, 0.25) is 0 Å². The second kappa shape index (κ2) is 8.08. The van der Waals surface area contributed by atoms with Gasteiger partial charge in [0.25, 0.3) is 0 Å². The fraction of sp³-hybridized carbons (Fsp3) is 0.846. The Morgan fingerprint density at radius 1 is 1.17 bits per heavy atom. The van der Waals surface area contributed by atoms with Gasteiger partial charge in [-0.15, -0.1) is 0 Å².